The summed E-state index contributed by atoms with van der Waals surface area (Å²) in [5.74, 6) is 0. The van der Waals surface area contributed by atoms with Gasteiger partial charge in [-0.25, -0.2) is 0 Å². The molecule has 0 aliphatic carbocycles. The second kappa shape index (κ2) is 6.94. The Morgan fingerprint density at radius 3 is 2.72 bits per heavy atom. The second-order valence-electron chi connectivity index (χ2n) is 6.26. The summed E-state index contributed by atoms with van der Waals surface area (Å²) in [5.41, 5.74) is 2.55. The normalized spacial score (nSPS) is 24.4. The minimum Gasteiger partial charge on any atom is -0.472 e. The molecule has 2 amide bonds. The first-order valence-electron chi connectivity index (χ1n) is 8.06. The van der Waals surface area contributed by atoms with Crippen molar-refractivity contribution in [3.8, 4) is 0 Å². The molecule has 1 aromatic heterocycles. The van der Waals surface area contributed by atoms with Crippen LogP contribution in [0.4, 0.5) is 9.59 Å². The highest BCUT2D eigenvalue weighted by molar-refractivity contribution is 5.77. The summed E-state index contributed by atoms with van der Waals surface area (Å²) in [5, 5.41) is 9.77. The van der Waals surface area contributed by atoms with Crippen LogP contribution < -0.4 is 0 Å². The van der Waals surface area contributed by atoms with Crippen molar-refractivity contribution in [1.82, 2.24) is 0 Å². The SMILES string of the molecule is C[C@@H]1CC(=Cc2ccoc2)C[N+]1(C(=O)O)C(=O)OCc1ccccc1. The minimum absolute atomic E-state index is 0.0560. The number of likely N-dealkylation sites (tertiary alicyclic amines) is 1. The maximum absolute atomic E-state index is 12.7. The van der Waals surface area contributed by atoms with Crippen LogP contribution in [0.1, 0.15) is 24.5 Å². The zero-order valence-corrected chi connectivity index (χ0v) is 13.9. The van der Waals surface area contributed by atoms with Crippen LogP contribution in [0.15, 0.2) is 58.9 Å². The Bertz CT molecular complexity index is 781. The largest absolute Gasteiger partial charge is 0.527 e. The van der Waals surface area contributed by atoms with Crippen molar-refractivity contribution in [3.05, 3.63) is 65.6 Å². The van der Waals surface area contributed by atoms with E-state index >= 15 is 0 Å². The molecule has 6 nitrogen and oxygen atoms in total. The molecule has 1 aliphatic heterocycles. The summed E-state index contributed by atoms with van der Waals surface area (Å²) in [6, 6.07) is 10.6. The molecular formula is C19H20NO5+. The van der Waals surface area contributed by atoms with Crippen molar-refractivity contribution >= 4 is 18.3 Å². The molecule has 2 heterocycles. The number of carboxylic acid groups (broad SMARTS) is 1. The number of carbonyl (C=O) groups is 2. The second-order valence-corrected chi connectivity index (χ2v) is 6.26. The van der Waals surface area contributed by atoms with E-state index in [1.165, 1.54) is 0 Å². The van der Waals surface area contributed by atoms with E-state index in [4.69, 9.17) is 9.15 Å². The molecular weight excluding hydrogens is 322 g/mol. The van der Waals surface area contributed by atoms with Crippen molar-refractivity contribution in [1.29, 1.82) is 0 Å². The number of quaternary nitrogens is 1. The third-order valence-corrected chi connectivity index (χ3v) is 4.55. The summed E-state index contributed by atoms with van der Waals surface area (Å²) in [7, 11) is 0. The summed E-state index contributed by atoms with van der Waals surface area (Å²) in [4.78, 5) is 24.6. The first kappa shape index (κ1) is 17.0. The van der Waals surface area contributed by atoms with Gasteiger partial charge in [-0.3, -0.25) is 0 Å². The quantitative estimate of drug-likeness (QED) is 0.842. The van der Waals surface area contributed by atoms with Gasteiger partial charge in [-0.2, -0.15) is 9.59 Å². The van der Waals surface area contributed by atoms with Crippen LogP contribution in [0.25, 0.3) is 6.08 Å². The van der Waals surface area contributed by atoms with Crippen LogP contribution in [-0.4, -0.2) is 34.4 Å². The average molecular weight is 342 g/mol. The lowest BCUT2D eigenvalue weighted by Crippen LogP contribution is -2.58. The van der Waals surface area contributed by atoms with Crippen molar-refractivity contribution in [2.24, 2.45) is 0 Å². The number of imide groups is 1. The predicted octanol–water partition coefficient (Wildman–Crippen LogP) is 4.29. The lowest BCUT2D eigenvalue weighted by Gasteiger charge is -2.27. The Kier molecular flexibility index (Phi) is 4.72. The molecule has 0 spiro atoms. The van der Waals surface area contributed by atoms with E-state index in [1.807, 2.05) is 36.4 Å². The Labute approximate surface area is 145 Å². The lowest BCUT2D eigenvalue weighted by molar-refractivity contribution is -0.793. The van der Waals surface area contributed by atoms with Crippen LogP contribution in [-0.2, 0) is 11.3 Å². The predicted molar refractivity (Wildman–Crippen MR) is 90.5 cm³/mol. The molecule has 1 aromatic carbocycles. The van der Waals surface area contributed by atoms with Gasteiger partial charge in [0.15, 0.2) is 0 Å². The maximum atomic E-state index is 12.7. The van der Waals surface area contributed by atoms with Crippen molar-refractivity contribution < 1.29 is 28.3 Å². The van der Waals surface area contributed by atoms with Crippen LogP contribution >= 0.6 is 0 Å². The highest BCUT2D eigenvalue weighted by atomic mass is 16.6. The van der Waals surface area contributed by atoms with Gasteiger partial charge in [0.1, 0.15) is 19.2 Å². The molecule has 25 heavy (non-hydrogen) atoms. The van der Waals surface area contributed by atoms with Gasteiger partial charge >= 0.3 is 12.2 Å². The number of amides is 2. The average Bonchev–Trinajstić information content (AvgIpc) is 3.22. The Balaban J connectivity index is 1.79. The van der Waals surface area contributed by atoms with E-state index in [-0.39, 0.29) is 13.2 Å². The number of carbonyl (C=O) groups excluding carboxylic acids is 1. The van der Waals surface area contributed by atoms with E-state index in [0.717, 1.165) is 16.7 Å². The number of hydrogen-bond acceptors (Lipinski definition) is 4. The standard InChI is InChI=1S/C19H19NO5/c1-14-9-17(10-16-7-8-24-12-16)11-20(14,18(21)22)19(23)25-13-15-5-3-2-4-6-15/h2-8,10,12,14H,9,11,13H2,1H3/p+1/t14-,20?/m1/s1. The minimum atomic E-state index is -1.19. The number of ether oxygens (including phenoxy) is 1. The van der Waals surface area contributed by atoms with Gasteiger partial charge in [0.2, 0.25) is 0 Å². The van der Waals surface area contributed by atoms with Gasteiger partial charge in [-0.15, -0.1) is 4.48 Å². The fraction of sp³-hybridized carbons (Fsp3) is 0.263. The van der Waals surface area contributed by atoms with Crippen LogP contribution in [0.2, 0.25) is 0 Å². The summed E-state index contributed by atoms with van der Waals surface area (Å²) in [6.45, 7) is 1.91. The Morgan fingerprint density at radius 1 is 1.32 bits per heavy atom. The number of hydrogen-bond donors (Lipinski definition) is 1. The molecule has 3 rings (SSSR count). The van der Waals surface area contributed by atoms with E-state index in [9.17, 15) is 14.7 Å². The monoisotopic (exact) mass is 342 g/mol. The Morgan fingerprint density at radius 2 is 2.08 bits per heavy atom. The fourth-order valence-corrected chi connectivity index (χ4v) is 3.19. The highest BCUT2D eigenvalue weighted by Crippen LogP contribution is 2.34. The first-order chi connectivity index (χ1) is 12.0. The maximum Gasteiger partial charge on any atom is 0.527 e. The Hall–Kier alpha value is -2.86. The fourth-order valence-electron chi connectivity index (χ4n) is 3.19. The number of benzene rings is 1. The van der Waals surface area contributed by atoms with Gasteiger partial charge in [-0.05, 0) is 30.2 Å². The number of furan rings is 1. The smallest absolute Gasteiger partial charge is 0.472 e. The summed E-state index contributed by atoms with van der Waals surface area (Å²) in [6.07, 6.45) is 3.59. The summed E-state index contributed by atoms with van der Waals surface area (Å²) < 4.78 is 9.63. The first-order valence-corrected chi connectivity index (χ1v) is 8.06. The zero-order chi connectivity index (χ0) is 17.9. The molecule has 0 bridgehead atoms. The van der Waals surface area contributed by atoms with Crippen molar-refractivity contribution in [2.75, 3.05) is 6.54 Å². The molecule has 1 saturated heterocycles. The number of rotatable bonds is 3. The van der Waals surface area contributed by atoms with Gasteiger partial charge < -0.3 is 14.3 Å². The molecule has 1 aliphatic rings. The molecule has 2 atom stereocenters. The van der Waals surface area contributed by atoms with E-state index in [2.05, 4.69) is 0 Å². The molecule has 1 N–H and O–H groups in total. The number of nitrogens with zero attached hydrogens (tertiary/aromatic N) is 1. The van der Waals surface area contributed by atoms with Crippen LogP contribution in [0, 0.1) is 0 Å². The zero-order valence-electron chi connectivity index (χ0n) is 13.9. The van der Waals surface area contributed by atoms with Crippen molar-refractivity contribution in [3.63, 3.8) is 0 Å². The molecule has 1 unspecified atom stereocenters. The molecule has 0 saturated carbocycles. The third-order valence-electron chi connectivity index (χ3n) is 4.55. The van der Waals surface area contributed by atoms with Gasteiger partial charge in [0.05, 0.1) is 12.5 Å². The third kappa shape index (κ3) is 3.34. The van der Waals surface area contributed by atoms with Gasteiger partial charge in [0.25, 0.3) is 0 Å². The van der Waals surface area contributed by atoms with Crippen LogP contribution in [0.3, 0.4) is 0 Å². The molecule has 1 fully saturated rings. The van der Waals surface area contributed by atoms with Gasteiger partial charge in [-0.1, -0.05) is 30.3 Å². The molecule has 0 radical (unpaired) electrons. The van der Waals surface area contributed by atoms with E-state index in [0.29, 0.717) is 6.42 Å². The van der Waals surface area contributed by atoms with Crippen molar-refractivity contribution in [2.45, 2.75) is 26.0 Å². The van der Waals surface area contributed by atoms with Crippen LogP contribution in [0.5, 0.6) is 0 Å². The summed E-state index contributed by atoms with van der Waals surface area (Å²) >= 11 is 0. The topological polar surface area (TPSA) is 76.7 Å². The molecule has 130 valence electrons. The van der Waals surface area contributed by atoms with Gasteiger partial charge in [0, 0.05) is 12.0 Å². The highest BCUT2D eigenvalue weighted by Gasteiger charge is 2.56. The van der Waals surface area contributed by atoms with E-state index < -0.39 is 22.7 Å². The molecule has 2 aromatic rings. The van der Waals surface area contributed by atoms with E-state index in [1.54, 1.807) is 25.5 Å². The molecule has 6 heteroatoms. The lowest BCUT2D eigenvalue weighted by atomic mass is 10.1.